The summed E-state index contributed by atoms with van der Waals surface area (Å²) >= 11 is 0. The molecule has 0 aliphatic heterocycles. The number of rotatable bonds is 6. The lowest BCUT2D eigenvalue weighted by molar-refractivity contribution is -0.119. The number of nitrogens with one attached hydrogen (secondary N) is 1. The zero-order chi connectivity index (χ0) is 12.8. The van der Waals surface area contributed by atoms with Crippen LogP contribution in [0, 0.1) is 0 Å². The van der Waals surface area contributed by atoms with E-state index in [1.54, 1.807) is 18.6 Å². The van der Waals surface area contributed by atoms with Crippen molar-refractivity contribution in [2.45, 2.75) is 6.54 Å². The molecule has 0 saturated carbocycles. The van der Waals surface area contributed by atoms with E-state index in [1.807, 2.05) is 24.3 Å². The zero-order valence-electron chi connectivity index (χ0n) is 9.76. The molecular formula is C13H14N2O3. The first-order valence-corrected chi connectivity index (χ1v) is 5.50. The largest absolute Gasteiger partial charge is 0.484 e. The minimum absolute atomic E-state index is 0.120. The fraction of sp³-hybridized carbons (Fsp3) is 0.154. The van der Waals surface area contributed by atoms with E-state index in [0.29, 0.717) is 12.3 Å². The first-order chi connectivity index (χ1) is 8.74. The van der Waals surface area contributed by atoms with Crippen LogP contribution in [-0.4, -0.2) is 12.5 Å². The highest BCUT2D eigenvalue weighted by Crippen LogP contribution is 2.18. The van der Waals surface area contributed by atoms with E-state index < -0.39 is 5.91 Å². The summed E-state index contributed by atoms with van der Waals surface area (Å²) in [4.78, 5) is 10.6. The van der Waals surface area contributed by atoms with Gasteiger partial charge in [-0.25, -0.2) is 0 Å². The molecule has 5 nitrogen and oxygen atoms in total. The maximum Gasteiger partial charge on any atom is 0.255 e. The Morgan fingerprint density at radius 2 is 2.28 bits per heavy atom. The molecule has 0 fully saturated rings. The highest BCUT2D eigenvalue weighted by Gasteiger charge is 2.00. The SMILES string of the molecule is NC(=O)COc1cccc(NCc2ccoc2)c1. The van der Waals surface area contributed by atoms with Crippen LogP contribution in [0.1, 0.15) is 5.56 Å². The van der Waals surface area contributed by atoms with Gasteiger partial charge in [-0.15, -0.1) is 0 Å². The van der Waals surface area contributed by atoms with Crippen LogP contribution in [0.3, 0.4) is 0 Å². The van der Waals surface area contributed by atoms with Gasteiger partial charge >= 0.3 is 0 Å². The molecule has 18 heavy (non-hydrogen) atoms. The van der Waals surface area contributed by atoms with Crippen molar-refractivity contribution in [2.24, 2.45) is 5.73 Å². The van der Waals surface area contributed by atoms with Crippen molar-refractivity contribution in [3.8, 4) is 5.75 Å². The van der Waals surface area contributed by atoms with Crippen LogP contribution in [-0.2, 0) is 11.3 Å². The van der Waals surface area contributed by atoms with E-state index in [2.05, 4.69) is 5.32 Å². The van der Waals surface area contributed by atoms with Crippen molar-refractivity contribution < 1.29 is 13.9 Å². The highest BCUT2D eigenvalue weighted by molar-refractivity contribution is 5.75. The predicted octanol–water partition coefficient (Wildman–Crippen LogP) is 1.76. The summed E-state index contributed by atoms with van der Waals surface area (Å²) in [6, 6.07) is 9.22. The molecule has 0 bridgehead atoms. The number of furan rings is 1. The molecule has 0 unspecified atom stereocenters. The molecular weight excluding hydrogens is 232 g/mol. The third-order valence-corrected chi connectivity index (χ3v) is 2.29. The van der Waals surface area contributed by atoms with E-state index in [0.717, 1.165) is 11.3 Å². The Bertz CT molecular complexity index is 509. The lowest BCUT2D eigenvalue weighted by atomic mass is 10.2. The van der Waals surface area contributed by atoms with Gasteiger partial charge in [-0.2, -0.15) is 0 Å². The van der Waals surface area contributed by atoms with Crippen LogP contribution in [0.25, 0.3) is 0 Å². The Kier molecular flexibility index (Phi) is 3.86. The molecule has 0 atom stereocenters. The Balaban J connectivity index is 1.92. The molecule has 0 aliphatic carbocycles. The number of benzene rings is 1. The lowest BCUT2D eigenvalue weighted by Crippen LogP contribution is -2.20. The topological polar surface area (TPSA) is 77.5 Å². The van der Waals surface area contributed by atoms with Gasteiger partial charge in [0.1, 0.15) is 5.75 Å². The molecule has 3 N–H and O–H groups in total. The summed E-state index contributed by atoms with van der Waals surface area (Å²) in [5.74, 6) is 0.109. The molecule has 2 aromatic rings. The van der Waals surface area contributed by atoms with E-state index in [9.17, 15) is 4.79 Å². The number of anilines is 1. The Labute approximate surface area is 105 Å². The van der Waals surface area contributed by atoms with Gasteiger partial charge < -0.3 is 20.2 Å². The highest BCUT2D eigenvalue weighted by atomic mass is 16.5. The number of ether oxygens (including phenoxy) is 1. The lowest BCUT2D eigenvalue weighted by Gasteiger charge is -2.08. The summed E-state index contributed by atoms with van der Waals surface area (Å²) in [5.41, 5.74) is 6.97. The van der Waals surface area contributed by atoms with Crippen molar-refractivity contribution in [1.82, 2.24) is 0 Å². The van der Waals surface area contributed by atoms with Gasteiger partial charge in [-0.05, 0) is 18.2 Å². The first kappa shape index (κ1) is 12.0. The van der Waals surface area contributed by atoms with Gasteiger partial charge in [-0.1, -0.05) is 6.07 Å². The summed E-state index contributed by atoms with van der Waals surface area (Å²) in [5, 5.41) is 3.22. The van der Waals surface area contributed by atoms with Gasteiger partial charge in [0.05, 0.1) is 12.5 Å². The average molecular weight is 246 g/mol. The van der Waals surface area contributed by atoms with E-state index in [4.69, 9.17) is 14.9 Å². The smallest absolute Gasteiger partial charge is 0.255 e. The Morgan fingerprint density at radius 3 is 3.00 bits per heavy atom. The van der Waals surface area contributed by atoms with Gasteiger partial charge in [-0.3, -0.25) is 4.79 Å². The second-order valence-electron chi connectivity index (χ2n) is 3.77. The molecule has 1 aromatic heterocycles. The van der Waals surface area contributed by atoms with Crippen molar-refractivity contribution >= 4 is 11.6 Å². The number of primary amides is 1. The van der Waals surface area contributed by atoms with Crippen LogP contribution in [0.4, 0.5) is 5.69 Å². The number of amides is 1. The van der Waals surface area contributed by atoms with Crippen LogP contribution >= 0.6 is 0 Å². The number of nitrogens with two attached hydrogens (primary N) is 1. The normalized spacial score (nSPS) is 10.0. The average Bonchev–Trinajstić information content (AvgIpc) is 2.87. The third-order valence-electron chi connectivity index (χ3n) is 2.29. The molecule has 1 aromatic carbocycles. The molecule has 5 heteroatoms. The molecule has 0 spiro atoms. The summed E-state index contributed by atoms with van der Waals surface area (Å²) in [6.07, 6.45) is 3.31. The minimum Gasteiger partial charge on any atom is -0.484 e. The fourth-order valence-electron chi connectivity index (χ4n) is 1.45. The van der Waals surface area contributed by atoms with Gasteiger partial charge in [0.2, 0.25) is 0 Å². The number of hydrogen-bond donors (Lipinski definition) is 2. The van der Waals surface area contributed by atoms with Gasteiger partial charge in [0.25, 0.3) is 5.91 Å². The van der Waals surface area contributed by atoms with Crippen molar-refractivity contribution in [2.75, 3.05) is 11.9 Å². The van der Waals surface area contributed by atoms with E-state index >= 15 is 0 Å². The van der Waals surface area contributed by atoms with Crippen molar-refractivity contribution in [3.63, 3.8) is 0 Å². The monoisotopic (exact) mass is 246 g/mol. The Morgan fingerprint density at radius 1 is 1.39 bits per heavy atom. The minimum atomic E-state index is -0.494. The molecule has 0 aliphatic rings. The summed E-state index contributed by atoms with van der Waals surface area (Å²) < 4.78 is 10.2. The van der Waals surface area contributed by atoms with Crippen LogP contribution in [0.5, 0.6) is 5.75 Å². The van der Waals surface area contributed by atoms with Crippen LogP contribution in [0.2, 0.25) is 0 Å². The van der Waals surface area contributed by atoms with E-state index in [1.165, 1.54) is 0 Å². The van der Waals surface area contributed by atoms with Crippen LogP contribution in [0.15, 0.2) is 47.3 Å². The second kappa shape index (κ2) is 5.77. The molecule has 1 heterocycles. The molecule has 0 saturated heterocycles. The van der Waals surface area contributed by atoms with Gasteiger partial charge in [0.15, 0.2) is 6.61 Å². The number of hydrogen-bond acceptors (Lipinski definition) is 4. The zero-order valence-corrected chi connectivity index (χ0v) is 9.76. The van der Waals surface area contributed by atoms with Crippen LogP contribution < -0.4 is 15.8 Å². The molecule has 94 valence electrons. The van der Waals surface area contributed by atoms with E-state index in [-0.39, 0.29) is 6.61 Å². The molecule has 0 radical (unpaired) electrons. The maximum absolute atomic E-state index is 10.6. The number of carbonyl (C=O) groups is 1. The standard InChI is InChI=1S/C13H14N2O3/c14-13(16)9-18-12-3-1-2-11(6-12)15-7-10-4-5-17-8-10/h1-6,8,15H,7,9H2,(H2,14,16). The second-order valence-corrected chi connectivity index (χ2v) is 3.77. The number of carbonyl (C=O) groups excluding carboxylic acids is 1. The summed E-state index contributed by atoms with van der Waals surface area (Å²) in [7, 11) is 0. The maximum atomic E-state index is 10.6. The first-order valence-electron chi connectivity index (χ1n) is 5.50. The fourth-order valence-corrected chi connectivity index (χ4v) is 1.45. The van der Waals surface area contributed by atoms with Crippen molar-refractivity contribution in [3.05, 3.63) is 48.4 Å². The van der Waals surface area contributed by atoms with Crippen molar-refractivity contribution in [1.29, 1.82) is 0 Å². The summed E-state index contributed by atoms with van der Waals surface area (Å²) in [6.45, 7) is 0.543. The quantitative estimate of drug-likeness (QED) is 0.814. The predicted molar refractivity (Wildman–Crippen MR) is 67.2 cm³/mol. The van der Waals surface area contributed by atoms with Gasteiger partial charge in [0, 0.05) is 23.9 Å². The Hall–Kier alpha value is -2.43. The molecule has 2 rings (SSSR count). The third kappa shape index (κ3) is 3.55. The molecule has 1 amide bonds.